The number of benzene rings is 2. The number of nitrogens with one attached hydrogen (secondary N) is 1. The summed E-state index contributed by atoms with van der Waals surface area (Å²) in [6.07, 6.45) is 3.26. The zero-order valence-electron chi connectivity index (χ0n) is 20.4. The van der Waals surface area contributed by atoms with E-state index in [1.807, 2.05) is 36.4 Å². The number of amides is 1. The van der Waals surface area contributed by atoms with Gasteiger partial charge in [-0.1, -0.05) is 41.0 Å². The summed E-state index contributed by atoms with van der Waals surface area (Å²) in [5.41, 5.74) is 2.80. The molecule has 0 atom stereocenters. The Morgan fingerprint density at radius 3 is 2.79 bits per heavy atom. The standard InChI is InChI=1S/C28H24ClN5O3S/c29-22-7-4-20(5-8-22)6-9-26-32-33-28(38-26)31-27(35)24-10-11-30-19-25(24)21-2-1-3-23(18-21)37-17-14-34-12-15-36-16-13-34/h1-5,7-8,10-11,18-19H,12-17H2,(H,31,33,35). The minimum absolute atomic E-state index is 0.311. The van der Waals surface area contributed by atoms with Crippen LogP contribution in [0.3, 0.4) is 0 Å². The maximum absolute atomic E-state index is 13.2. The summed E-state index contributed by atoms with van der Waals surface area (Å²) < 4.78 is 11.4. The lowest BCUT2D eigenvalue weighted by atomic mass is 10.0. The van der Waals surface area contributed by atoms with Crippen LogP contribution in [0.2, 0.25) is 5.02 Å². The molecule has 3 heterocycles. The zero-order valence-corrected chi connectivity index (χ0v) is 22.0. The molecule has 0 aliphatic carbocycles. The van der Waals surface area contributed by atoms with Crippen molar-refractivity contribution in [1.82, 2.24) is 20.1 Å². The van der Waals surface area contributed by atoms with Crippen molar-refractivity contribution in [2.75, 3.05) is 44.8 Å². The van der Waals surface area contributed by atoms with Crippen LogP contribution in [0.15, 0.2) is 67.0 Å². The van der Waals surface area contributed by atoms with Gasteiger partial charge in [-0.05, 0) is 53.9 Å². The average Bonchev–Trinajstić information content (AvgIpc) is 3.40. The number of ether oxygens (including phenoxy) is 2. The third-order valence-corrected chi connectivity index (χ3v) is 6.80. The minimum Gasteiger partial charge on any atom is -0.492 e. The highest BCUT2D eigenvalue weighted by atomic mass is 35.5. The second-order valence-corrected chi connectivity index (χ2v) is 9.79. The molecule has 0 bridgehead atoms. The Labute approximate surface area is 229 Å². The summed E-state index contributed by atoms with van der Waals surface area (Å²) in [4.78, 5) is 19.7. The fourth-order valence-electron chi connectivity index (χ4n) is 3.84. The number of carbonyl (C=O) groups is 1. The smallest absolute Gasteiger partial charge is 0.258 e. The number of anilines is 1. The number of carbonyl (C=O) groups excluding carboxylic acids is 1. The fourth-order valence-corrected chi connectivity index (χ4v) is 4.56. The Hall–Kier alpha value is -3.81. The number of halogens is 1. The van der Waals surface area contributed by atoms with Gasteiger partial charge in [0.25, 0.3) is 5.91 Å². The Bertz CT molecular complexity index is 1460. The molecule has 1 aliphatic heterocycles. The third-order valence-electron chi connectivity index (χ3n) is 5.79. The van der Waals surface area contributed by atoms with Crippen molar-refractivity contribution >= 4 is 34.0 Å². The second-order valence-electron chi connectivity index (χ2n) is 8.37. The van der Waals surface area contributed by atoms with Crippen molar-refractivity contribution in [2.24, 2.45) is 0 Å². The van der Waals surface area contributed by atoms with Crippen molar-refractivity contribution in [3.8, 4) is 28.7 Å². The Balaban J connectivity index is 1.25. The molecule has 1 N–H and O–H groups in total. The van der Waals surface area contributed by atoms with E-state index in [9.17, 15) is 4.79 Å². The van der Waals surface area contributed by atoms with Crippen molar-refractivity contribution < 1.29 is 14.3 Å². The van der Waals surface area contributed by atoms with E-state index in [1.54, 1.807) is 30.6 Å². The van der Waals surface area contributed by atoms with E-state index in [2.05, 4.69) is 37.2 Å². The number of hydrogen-bond acceptors (Lipinski definition) is 8. The SMILES string of the molecule is O=C(Nc1nnc(C#Cc2ccc(Cl)cc2)s1)c1ccncc1-c1cccc(OCCN2CCOCC2)c1. The quantitative estimate of drug-likeness (QED) is 0.339. The summed E-state index contributed by atoms with van der Waals surface area (Å²) in [5, 5.41) is 12.5. The number of aromatic nitrogens is 3. The van der Waals surface area contributed by atoms with E-state index >= 15 is 0 Å². The molecule has 1 fully saturated rings. The van der Waals surface area contributed by atoms with Crippen LogP contribution < -0.4 is 10.1 Å². The first-order valence-corrected chi connectivity index (χ1v) is 13.2. The van der Waals surface area contributed by atoms with Crippen molar-refractivity contribution in [2.45, 2.75) is 0 Å². The van der Waals surface area contributed by atoms with Crippen LogP contribution in [0.25, 0.3) is 11.1 Å². The molecule has 0 saturated carbocycles. The Kier molecular flexibility index (Phi) is 8.58. The van der Waals surface area contributed by atoms with Gasteiger partial charge in [0, 0.05) is 48.2 Å². The van der Waals surface area contributed by atoms with Crippen LogP contribution in [-0.4, -0.2) is 65.4 Å². The van der Waals surface area contributed by atoms with Gasteiger partial charge in [0.15, 0.2) is 5.01 Å². The van der Waals surface area contributed by atoms with E-state index < -0.39 is 0 Å². The summed E-state index contributed by atoms with van der Waals surface area (Å²) in [6.45, 7) is 4.77. The predicted octanol–water partition coefficient (Wildman–Crippen LogP) is 4.62. The van der Waals surface area contributed by atoms with Gasteiger partial charge in [-0.2, -0.15) is 0 Å². The lowest BCUT2D eigenvalue weighted by Crippen LogP contribution is -2.38. The third kappa shape index (κ3) is 6.94. The predicted molar refractivity (Wildman–Crippen MR) is 148 cm³/mol. The summed E-state index contributed by atoms with van der Waals surface area (Å²) in [5.74, 6) is 6.40. The van der Waals surface area contributed by atoms with Crippen LogP contribution in [-0.2, 0) is 4.74 Å². The molecular formula is C28H24ClN5O3S. The van der Waals surface area contributed by atoms with Crippen LogP contribution in [0.1, 0.15) is 20.9 Å². The second kappa shape index (κ2) is 12.6. The highest BCUT2D eigenvalue weighted by Crippen LogP contribution is 2.27. The molecule has 1 amide bonds. The van der Waals surface area contributed by atoms with Gasteiger partial charge in [-0.25, -0.2) is 0 Å². The first-order chi connectivity index (χ1) is 18.6. The summed E-state index contributed by atoms with van der Waals surface area (Å²) in [7, 11) is 0. The molecule has 1 aliphatic rings. The zero-order chi connectivity index (χ0) is 26.2. The molecule has 2 aromatic heterocycles. The van der Waals surface area contributed by atoms with Gasteiger partial charge in [0.1, 0.15) is 12.4 Å². The average molecular weight is 546 g/mol. The van der Waals surface area contributed by atoms with Crippen LogP contribution >= 0.6 is 22.9 Å². The summed E-state index contributed by atoms with van der Waals surface area (Å²) in [6, 6.07) is 16.5. The largest absolute Gasteiger partial charge is 0.492 e. The topological polar surface area (TPSA) is 89.5 Å². The molecule has 38 heavy (non-hydrogen) atoms. The van der Waals surface area contributed by atoms with Crippen LogP contribution in [0.5, 0.6) is 5.75 Å². The molecule has 0 spiro atoms. The van der Waals surface area contributed by atoms with E-state index in [0.717, 1.165) is 49.7 Å². The molecular weight excluding hydrogens is 522 g/mol. The minimum atomic E-state index is -0.311. The van der Waals surface area contributed by atoms with Gasteiger partial charge in [0.05, 0.1) is 18.8 Å². The molecule has 0 radical (unpaired) electrons. The van der Waals surface area contributed by atoms with Crippen molar-refractivity contribution in [3.63, 3.8) is 0 Å². The van der Waals surface area contributed by atoms with E-state index in [-0.39, 0.29) is 5.91 Å². The van der Waals surface area contributed by atoms with E-state index in [1.165, 1.54) is 11.3 Å². The van der Waals surface area contributed by atoms with Gasteiger partial charge >= 0.3 is 0 Å². The number of pyridine rings is 1. The monoisotopic (exact) mass is 545 g/mol. The molecule has 2 aromatic carbocycles. The van der Waals surface area contributed by atoms with Gasteiger partial charge in [-0.3, -0.25) is 20.0 Å². The lowest BCUT2D eigenvalue weighted by molar-refractivity contribution is 0.0322. The number of nitrogens with zero attached hydrogens (tertiary/aromatic N) is 4. The van der Waals surface area contributed by atoms with Gasteiger partial charge < -0.3 is 9.47 Å². The maximum atomic E-state index is 13.2. The van der Waals surface area contributed by atoms with E-state index in [4.69, 9.17) is 21.1 Å². The first kappa shape index (κ1) is 25.8. The molecule has 1 saturated heterocycles. The van der Waals surface area contributed by atoms with Crippen molar-refractivity contribution in [1.29, 1.82) is 0 Å². The normalized spacial score (nSPS) is 13.4. The molecule has 4 aromatic rings. The highest BCUT2D eigenvalue weighted by molar-refractivity contribution is 7.15. The molecule has 192 valence electrons. The highest BCUT2D eigenvalue weighted by Gasteiger charge is 2.16. The van der Waals surface area contributed by atoms with Gasteiger partial charge in [0.2, 0.25) is 5.13 Å². The fraction of sp³-hybridized carbons (Fsp3) is 0.214. The Morgan fingerprint density at radius 2 is 1.95 bits per heavy atom. The van der Waals surface area contributed by atoms with E-state index in [0.29, 0.717) is 32.9 Å². The van der Waals surface area contributed by atoms with Crippen LogP contribution in [0, 0.1) is 11.8 Å². The van der Waals surface area contributed by atoms with Gasteiger partial charge in [-0.15, -0.1) is 10.2 Å². The number of morpholine rings is 1. The number of hydrogen-bond donors (Lipinski definition) is 1. The lowest BCUT2D eigenvalue weighted by Gasteiger charge is -2.26. The Morgan fingerprint density at radius 1 is 1.11 bits per heavy atom. The molecule has 8 nitrogen and oxygen atoms in total. The van der Waals surface area contributed by atoms with Crippen LogP contribution in [0.4, 0.5) is 5.13 Å². The number of rotatable bonds is 7. The molecule has 5 rings (SSSR count). The maximum Gasteiger partial charge on any atom is 0.258 e. The van der Waals surface area contributed by atoms with Crippen molar-refractivity contribution in [3.05, 3.63) is 88.1 Å². The first-order valence-electron chi connectivity index (χ1n) is 12.0. The molecule has 0 unspecified atom stereocenters. The summed E-state index contributed by atoms with van der Waals surface area (Å²) >= 11 is 7.11. The molecule has 10 heteroatoms.